The van der Waals surface area contributed by atoms with Crippen LogP contribution in [0.3, 0.4) is 0 Å². The predicted octanol–water partition coefficient (Wildman–Crippen LogP) is 3.15. The van der Waals surface area contributed by atoms with Gasteiger partial charge in [0.05, 0.1) is 30.9 Å². The molecule has 0 radical (unpaired) electrons. The molecule has 6 heteroatoms. The highest BCUT2D eigenvalue weighted by Crippen LogP contribution is 2.18. The molecule has 22 heavy (non-hydrogen) atoms. The molecular formula is C16H12F2N2O2. The summed E-state index contributed by atoms with van der Waals surface area (Å²) in [5, 5.41) is 4.95. The molecule has 0 amide bonds. The third-order valence-electron chi connectivity index (χ3n) is 3.32. The Hall–Kier alpha value is -2.76. The van der Waals surface area contributed by atoms with Crippen LogP contribution in [-0.4, -0.2) is 22.9 Å². The van der Waals surface area contributed by atoms with Gasteiger partial charge in [0.2, 0.25) is 0 Å². The van der Waals surface area contributed by atoms with E-state index in [4.69, 9.17) is 0 Å². The van der Waals surface area contributed by atoms with Gasteiger partial charge in [-0.15, -0.1) is 0 Å². The van der Waals surface area contributed by atoms with Crippen molar-refractivity contribution in [2.75, 3.05) is 7.11 Å². The van der Waals surface area contributed by atoms with Gasteiger partial charge in [0.15, 0.2) is 0 Å². The van der Waals surface area contributed by atoms with Crippen molar-refractivity contribution in [3.63, 3.8) is 0 Å². The Morgan fingerprint density at radius 1 is 1.18 bits per heavy atom. The molecule has 112 valence electrons. The van der Waals surface area contributed by atoms with Gasteiger partial charge in [-0.1, -0.05) is 0 Å². The van der Waals surface area contributed by atoms with E-state index in [2.05, 4.69) is 9.84 Å². The van der Waals surface area contributed by atoms with Crippen molar-refractivity contribution in [1.29, 1.82) is 0 Å². The first-order chi connectivity index (χ1) is 10.6. The number of halogens is 2. The van der Waals surface area contributed by atoms with E-state index in [-0.39, 0.29) is 6.54 Å². The van der Waals surface area contributed by atoms with Crippen LogP contribution >= 0.6 is 0 Å². The zero-order valence-corrected chi connectivity index (χ0v) is 11.7. The maximum Gasteiger partial charge on any atom is 0.337 e. The molecule has 1 aromatic heterocycles. The average molecular weight is 302 g/mol. The molecule has 0 atom stereocenters. The van der Waals surface area contributed by atoms with Gasteiger partial charge < -0.3 is 4.74 Å². The number of fused-ring (bicyclic) bond motifs is 1. The van der Waals surface area contributed by atoms with Gasteiger partial charge in [-0.25, -0.2) is 13.6 Å². The van der Waals surface area contributed by atoms with Crippen LogP contribution in [0.5, 0.6) is 0 Å². The van der Waals surface area contributed by atoms with Crippen molar-refractivity contribution in [2.24, 2.45) is 0 Å². The molecule has 0 aliphatic carbocycles. The van der Waals surface area contributed by atoms with Crippen LogP contribution in [0, 0.1) is 11.6 Å². The van der Waals surface area contributed by atoms with Gasteiger partial charge in [0.25, 0.3) is 0 Å². The van der Waals surface area contributed by atoms with E-state index < -0.39 is 17.6 Å². The largest absolute Gasteiger partial charge is 0.465 e. The van der Waals surface area contributed by atoms with Crippen LogP contribution in [0.4, 0.5) is 8.78 Å². The van der Waals surface area contributed by atoms with E-state index in [1.165, 1.54) is 19.2 Å². The van der Waals surface area contributed by atoms with Crippen LogP contribution < -0.4 is 0 Å². The summed E-state index contributed by atoms with van der Waals surface area (Å²) in [4.78, 5) is 11.5. The molecule has 0 saturated heterocycles. The maximum absolute atomic E-state index is 13.2. The molecule has 0 bridgehead atoms. The average Bonchev–Trinajstić information content (AvgIpc) is 2.87. The van der Waals surface area contributed by atoms with E-state index in [0.29, 0.717) is 11.1 Å². The van der Waals surface area contributed by atoms with E-state index in [9.17, 15) is 13.6 Å². The van der Waals surface area contributed by atoms with Crippen LogP contribution in [0.2, 0.25) is 0 Å². The second-order valence-electron chi connectivity index (χ2n) is 4.85. The fourth-order valence-electron chi connectivity index (χ4n) is 2.33. The Labute approximate surface area is 124 Å². The number of carbonyl (C=O) groups excluding carboxylic acids is 1. The number of hydrogen-bond acceptors (Lipinski definition) is 3. The lowest BCUT2D eigenvalue weighted by Crippen LogP contribution is -2.03. The van der Waals surface area contributed by atoms with Crippen molar-refractivity contribution >= 4 is 16.9 Å². The monoisotopic (exact) mass is 302 g/mol. The maximum atomic E-state index is 13.2. The first-order valence-corrected chi connectivity index (χ1v) is 6.55. The van der Waals surface area contributed by atoms with Gasteiger partial charge in [-0.3, -0.25) is 4.68 Å². The van der Waals surface area contributed by atoms with Crippen molar-refractivity contribution < 1.29 is 18.3 Å². The summed E-state index contributed by atoms with van der Waals surface area (Å²) in [5.41, 5.74) is 1.66. The summed E-state index contributed by atoms with van der Waals surface area (Å²) in [6, 6.07) is 8.37. The van der Waals surface area contributed by atoms with Crippen molar-refractivity contribution in [2.45, 2.75) is 6.54 Å². The molecule has 0 fully saturated rings. The van der Waals surface area contributed by atoms with E-state index in [0.717, 1.165) is 17.0 Å². The fourth-order valence-corrected chi connectivity index (χ4v) is 2.33. The lowest BCUT2D eigenvalue weighted by atomic mass is 10.1. The highest BCUT2D eigenvalue weighted by molar-refractivity contribution is 5.94. The fraction of sp³-hybridized carbons (Fsp3) is 0.125. The predicted molar refractivity (Wildman–Crippen MR) is 76.5 cm³/mol. The number of aromatic nitrogens is 2. The van der Waals surface area contributed by atoms with Crippen LogP contribution in [-0.2, 0) is 11.3 Å². The molecule has 0 unspecified atom stereocenters. The van der Waals surface area contributed by atoms with Crippen LogP contribution in [0.25, 0.3) is 10.9 Å². The molecular weight excluding hydrogens is 290 g/mol. The first kappa shape index (κ1) is 14.2. The highest BCUT2D eigenvalue weighted by Gasteiger charge is 2.10. The minimum atomic E-state index is -0.626. The standard InChI is InChI=1S/C16H12F2N2O2/c1-22-16(21)11-2-3-15-12(6-11)8-19-20(15)9-10-4-13(17)7-14(18)5-10/h2-8H,9H2,1H3. The summed E-state index contributed by atoms with van der Waals surface area (Å²) in [5.74, 6) is -1.68. The summed E-state index contributed by atoms with van der Waals surface area (Å²) >= 11 is 0. The minimum Gasteiger partial charge on any atom is -0.465 e. The summed E-state index contributed by atoms with van der Waals surface area (Å²) < 4.78 is 32.7. The second kappa shape index (κ2) is 5.55. The number of rotatable bonds is 3. The van der Waals surface area contributed by atoms with Gasteiger partial charge >= 0.3 is 5.97 Å². The van der Waals surface area contributed by atoms with E-state index >= 15 is 0 Å². The zero-order chi connectivity index (χ0) is 15.7. The highest BCUT2D eigenvalue weighted by atomic mass is 19.1. The minimum absolute atomic E-state index is 0.232. The van der Waals surface area contributed by atoms with Crippen molar-refractivity contribution in [3.8, 4) is 0 Å². The second-order valence-corrected chi connectivity index (χ2v) is 4.85. The van der Waals surface area contributed by atoms with Gasteiger partial charge in [-0.2, -0.15) is 5.10 Å². The number of esters is 1. The normalized spacial score (nSPS) is 10.9. The van der Waals surface area contributed by atoms with E-state index in [1.807, 2.05) is 0 Å². The Balaban J connectivity index is 1.96. The quantitative estimate of drug-likeness (QED) is 0.698. The van der Waals surface area contributed by atoms with Crippen LogP contribution in [0.15, 0.2) is 42.6 Å². The molecule has 3 aromatic rings. The molecule has 0 spiro atoms. The van der Waals surface area contributed by atoms with Crippen LogP contribution in [0.1, 0.15) is 15.9 Å². The van der Waals surface area contributed by atoms with Gasteiger partial charge in [0, 0.05) is 11.5 Å². The number of nitrogens with zero attached hydrogens (tertiary/aromatic N) is 2. The molecule has 0 aliphatic heterocycles. The lowest BCUT2D eigenvalue weighted by Gasteiger charge is -2.05. The molecule has 1 heterocycles. The number of hydrogen-bond donors (Lipinski definition) is 0. The lowest BCUT2D eigenvalue weighted by molar-refractivity contribution is 0.0601. The van der Waals surface area contributed by atoms with Gasteiger partial charge in [0.1, 0.15) is 11.6 Å². The topological polar surface area (TPSA) is 44.1 Å². The molecule has 2 aromatic carbocycles. The van der Waals surface area contributed by atoms with Crippen molar-refractivity contribution in [1.82, 2.24) is 9.78 Å². The summed E-state index contributed by atoms with van der Waals surface area (Å²) in [7, 11) is 1.31. The molecule has 3 rings (SSSR count). The molecule has 0 aliphatic rings. The Kier molecular flexibility index (Phi) is 3.58. The number of ether oxygens (including phenoxy) is 1. The third-order valence-corrected chi connectivity index (χ3v) is 3.32. The van der Waals surface area contributed by atoms with Crippen molar-refractivity contribution in [3.05, 3.63) is 65.4 Å². The Morgan fingerprint density at radius 2 is 1.91 bits per heavy atom. The smallest absolute Gasteiger partial charge is 0.337 e. The summed E-state index contributed by atoms with van der Waals surface area (Å²) in [6.07, 6.45) is 1.59. The van der Waals surface area contributed by atoms with E-state index in [1.54, 1.807) is 29.1 Å². The number of carbonyl (C=O) groups is 1. The third kappa shape index (κ3) is 2.67. The SMILES string of the molecule is COC(=O)c1ccc2c(cnn2Cc2cc(F)cc(F)c2)c1. The summed E-state index contributed by atoms with van der Waals surface area (Å²) in [6.45, 7) is 0.232. The number of benzene rings is 2. The molecule has 4 nitrogen and oxygen atoms in total. The first-order valence-electron chi connectivity index (χ1n) is 6.55. The molecule has 0 saturated carbocycles. The van der Waals surface area contributed by atoms with Gasteiger partial charge in [-0.05, 0) is 35.9 Å². The Morgan fingerprint density at radius 3 is 2.59 bits per heavy atom. The molecule has 0 N–H and O–H groups in total. The Bertz CT molecular complexity index is 838. The number of methoxy groups -OCH3 is 1. The zero-order valence-electron chi connectivity index (χ0n) is 11.7.